The third-order valence-corrected chi connectivity index (χ3v) is 1.28. The lowest BCUT2D eigenvalue weighted by Crippen LogP contribution is -2.11. The van der Waals surface area contributed by atoms with Crippen LogP contribution in [0.25, 0.3) is 0 Å². The van der Waals surface area contributed by atoms with E-state index >= 15 is 0 Å². The van der Waals surface area contributed by atoms with Gasteiger partial charge in [0.1, 0.15) is 11.4 Å². The summed E-state index contributed by atoms with van der Waals surface area (Å²) < 4.78 is 35.9. The number of nitrogen functional groups attached to an aromatic ring is 1. The van der Waals surface area contributed by atoms with E-state index in [2.05, 4.69) is 9.97 Å². The van der Waals surface area contributed by atoms with Crippen LogP contribution in [-0.4, -0.2) is 9.97 Å². The van der Waals surface area contributed by atoms with Gasteiger partial charge in [-0.15, -0.1) is 0 Å². The molecule has 0 aliphatic heterocycles. The number of alkyl halides is 3. The first-order valence-electron chi connectivity index (χ1n) is 2.76. The van der Waals surface area contributed by atoms with Crippen molar-refractivity contribution in [2.24, 2.45) is 0 Å². The van der Waals surface area contributed by atoms with Gasteiger partial charge in [-0.3, -0.25) is 0 Å². The minimum atomic E-state index is -4.53. The van der Waals surface area contributed by atoms with Crippen LogP contribution in [0.2, 0.25) is 5.28 Å². The smallest absolute Gasteiger partial charge is 0.383 e. The van der Waals surface area contributed by atoms with E-state index in [1.54, 1.807) is 0 Å². The topological polar surface area (TPSA) is 51.8 Å². The van der Waals surface area contributed by atoms with Crippen LogP contribution in [0.15, 0.2) is 6.20 Å². The fourth-order valence-electron chi connectivity index (χ4n) is 0.591. The lowest BCUT2D eigenvalue weighted by molar-refractivity contribution is -0.137. The molecule has 0 amide bonds. The Labute approximate surface area is 70.4 Å². The maximum absolute atomic E-state index is 12.0. The van der Waals surface area contributed by atoms with E-state index in [-0.39, 0.29) is 5.28 Å². The highest BCUT2D eigenvalue weighted by molar-refractivity contribution is 6.28. The molecule has 1 heterocycles. The maximum Gasteiger partial charge on any atom is 0.421 e. The highest BCUT2D eigenvalue weighted by atomic mass is 35.5. The molecule has 0 atom stereocenters. The fourth-order valence-corrected chi connectivity index (χ4v) is 0.731. The number of rotatable bonds is 0. The largest absolute Gasteiger partial charge is 0.421 e. The van der Waals surface area contributed by atoms with E-state index in [9.17, 15) is 13.2 Å². The zero-order chi connectivity index (χ0) is 9.35. The summed E-state index contributed by atoms with van der Waals surface area (Å²) in [6, 6.07) is 0. The van der Waals surface area contributed by atoms with Crippen molar-refractivity contribution in [3.8, 4) is 0 Å². The molecule has 0 aliphatic rings. The van der Waals surface area contributed by atoms with Crippen molar-refractivity contribution in [1.82, 2.24) is 9.97 Å². The van der Waals surface area contributed by atoms with Gasteiger partial charge in [-0.25, -0.2) is 9.97 Å². The second-order valence-corrected chi connectivity index (χ2v) is 2.27. The van der Waals surface area contributed by atoms with Crippen molar-refractivity contribution in [3.63, 3.8) is 0 Å². The van der Waals surface area contributed by atoms with Crippen molar-refractivity contribution in [2.45, 2.75) is 6.18 Å². The van der Waals surface area contributed by atoms with E-state index in [0.29, 0.717) is 6.20 Å². The van der Waals surface area contributed by atoms with E-state index in [0.717, 1.165) is 0 Å². The number of halogens is 4. The van der Waals surface area contributed by atoms with Crippen LogP contribution < -0.4 is 5.73 Å². The molecule has 1 aromatic rings. The Morgan fingerprint density at radius 3 is 2.42 bits per heavy atom. The van der Waals surface area contributed by atoms with Crippen LogP contribution in [0, 0.1) is 0 Å². The summed E-state index contributed by atoms with van der Waals surface area (Å²) in [5, 5.41) is -0.305. The summed E-state index contributed by atoms with van der Waals surface area (Å²) in [6.45, 7) is 0. The van der Waals surface area contributed by atoms with Crippen molar-refractivity contribution >= 4 is 17.4 Å². The van der Waals surface area contributed by atoms with Crippen LogP contribution in [0.4, 0.5) is 19.0 Å². The van der Waals surface area contributed by atoms with Gasteiger partial charge in [0, 0.05) is 6.20 Å². The number of nitrogens with zero attached hydrogens (tertiary/aromatic N) is 2. The Morgan fingerprint density at radius 1 is 1.42 bits per heavy atom. The van der Waals surface area contributed by atoms with E-state index < -0.39 is 17.6 Å². The van der Waals surface area contributed by atoms with Gasteiger partial charge in [-0.2, -0.15) is 13.2 Å². The Hall–Kier alpha value is -1.04. The maximum atomic E-state index is 12.0. The van der Waals surface area contributed by atoms with Crippen molar-refractivity contribution in [3.05, 3.63) is 17.0 Å². The molecule has 12 heavy (non-hydrogen) atoms. The predicted octanol–water partition coefficient (Wildman–Crippen LogP) is 1.73. The minimum absolute atomic E-state index is 0.305. The molecule has 0 aromatic carbocycles. The second-order valence-electron chi connectivity index (χ2n) is 1.94. The zero-order valence-corrected chi connectivity index (χ0v) is 6.32. The van der Waals surface area contributed by atoms with E-state index in [1.165, 1.54) is 0 Å². The average molecular weight is 198 g/mol. The highest BCUT2D eigenvalue weighted by Gasteiger charge is 2.34. The first kappa shape index (κ1) is 9.05. The molecule has 2 N–H and O–H groups in total. The molecule has 0 aliphatic carbocycles. The van der Waals surface area contributed by atoms with Crippen LogP contribution >= 0.6 is 11.6 Å². The number of nitrogens with two attached hydrogens (primary N) is 1. The molecule has 1 aromatic heterocycles. The molecular weight excluding hydrogens is 195 g/mol. The highest BCUT2D eigenvalue weighted by Crippen LogP contribution is 2.32. The van der Waals surface area contributed by atoms with Crippen LogP contribution in [0.1, 0.15) is 5.56 Å². The van der Waals surface area contributed by atoms with Gasteiger partial charge in [0.2, 0.25) is 5.28 Å². The number of hydrogen-bond acceptors (Lipinski definition) is 3. The zero-order valence-electron chi connectivity index (χ0n) is 5.56. The molecule has 0 unspecified atom stereocenters. The van der Waals surface area contributed by atoms with Crippen LogP contribution in [0.3, 0.4) is 0 Å². The van der Waals surface area contributed by atoms with Crippen LogP contribution in [-0.2, 0) is 6.18 Å². The lowest BCUT2D eigenvalue weighted by Gasteiger charge is -2.07. The second kappa shape index (κ2) is 2.78. The molecule has 0 saturated carbocycles. The summed E-state index contributed by atoms with van der Waals surface area (Å²) in [6.07, 6.45) is -3.99. The molecular formula is C5H3ClF3N3. The third-order valence-electron chi connectivity index (χ3n) is 1.09. The fraction of sp³-hybridized carbons (Fsp3) is 0.200. The van der Waals surface area contributed by atoms with Gasteiger partial charge in [0.25, 0.3) is 0 Å². The van der Waals surface area contributed by atoms with Gasteiger partial charge in [0.15, 0.2) is 0 Å². The van der Waals surface area contributed by atoms with Gasteiger partial charge < -0.3 is 5.73 Å². The van der Waals surface area contributed by atoms with Crippen molar-refractivity contribution in [1.29, 1.82) is 0 Å². The number of hydrogen-bond donors (Lipinski definition) is 1. The van der Waals surface area contributed by atoms with Crippen molar-refractivity contribution < 1.29 is 13.2 Å². The predicted molar refractivity (Wildman–Crippen MR) is 36.5 cm³/mol. The molecule has 0 fully saturated rings. The van der Waals surface area contributed by atoms with Gasteiger partial charge >= 0.3 is 6.18 Å². The lowest BCUT2D eigenvalue weighted by atomic mass is 10.3. The molecule has 0 bridgehead atoms. The monoisotopic (exact) mass is 197 g/mol. The summed E-state index contributed by atoms with van der Waals surface area (Å²) in [7, 11) is 0. The molecule has 3 nitrogen and oxygen atoms in total. The summed E-state index contributed by atoms with van der Waals surface area (Å²) in [5.74, 6) is -0.664. The quantitative estimate of drug-likeness (QED) is 0.645. The van der Waals surface area contributed by atoms with E-state index in [4.69, 9.17) is 17.3 Å². The molecule has 0 saturated heterocycles. The van der Waals surface area contributed by atoms with Crippen LogP contribution in [0.5, 0.6) is 0 Å². The molecule has 1 rings (SSSR count). The third kappa shape index (κ3) is 1.76. The average Bonchev–Trinajstić information content (AvgIpc) is 1.83. The summed E-state index contributed by atoms with van der Waals surface area (Å²) >= 11 is 5.20. The standard InChI is InChI=1S/C5H3ClF3N3/c6-4-11-1-2(3(10)12-4)5(7,8)9/h1H,(H2,10,11,12). The Balaban J connectivity index is 3.19. The van der Waals surface area contributed by atoms with E-state index in [1.807, 2.05) is 0 Å². The molecule has 7 heteroatoms. The summed E-state index contributed by atoms with van der Waals surface area (Å²) in [5.41, 5.74) is 3.88. The van der Waals surface area contributed by atoms with Gasteiger partial charge in [0.05, 0.1) is 0 Å². The Kier molecular flexibility index (Phi) is 2.10. The number of anilines is 1. The molecule has 66 valence electrons. The Morgan fingerprint density at radius 2 is 2.00 bits per heavy atom. The first-order valence-corrected chi connectivity index (χ1v) is 3.14. The van der Waals surface area contributed by atoms with Gasteiger partial charge in [-0.05, 0) is 11.6 Å². The minimum Gasteiger partial charge on any atom is -0.383 e. The number of aromatic nitrogens is 2. The molecule has 0 spiro atoms. The van der Waals surface area contributed by atoms with Crippen molar-refractivity contribution in [2.75, 3.05) is 5.73 Å². The summed E-state index contributed by atoms with van der Waals surface area (Å²) in [4.78, 5) is 6.31. The first-order chi connectivity index (χ1) is 5.41. The molecule has 0 radical (unpaired) electrons. The SMILES string of the molecule is Nc1nc(Cl)ncc1C(F)(F)F. The normalized spacial score (nSPS) is 11.7. The Bertz CT molecular complexity index is 298. The van der Waals surface area contributed by atoms with Gasteiger partial charge in [-0.1, -0.05) is 0 Å².